The van der Waals surface area contributed by atoms with Gasteiger partial charge in [0.2, 0.25) is 0 Å². The Bertz CT molecular complexity index is 468. The maximum absolute atomic E-state index is 5.84. The molecule has 0 aliphatic rings. The molecular formula is C12H10Cl2OS. The van der Waals surface area contributed by atoms with E-state index >= 15 is 0 Å². The van der Waals surface area contributed by atoms with Gasteiger partial charge in [0.05, 0.1) is 10.2 Å². The van der Waals surface area contributed by atoms with Gasteiger partial charge in [0, 0.05) is 10.4 Å². The van der Waals surface area contributed by atoms with Crippen LogP contribution in [-0.2, 0) is 12.5 Å². The van der Waals surface area contributed by atoms with Crippen molar-refractivity contribution in [1.82, 2.24) is 0 Å². The minimum Gasteiger partial charge on any atom is -0.488 e. The quantitative estimate of drug-likeness (QED) is 0.732. The SMILES string of the molecule is ClCc1ccccc1OCc1ccc(Cl)s1. The van der Waals surface area contributed by atoms with E-state index in [0.717, 1.165) is 20.5 Å². The first kappa shape index (κ1) is 11.8. The van der Waals surface area contributed by atoms with E-state index in [-0.39, 0.29) is 0 Å². The molecule has 0 aliphatic carbocycles. The lowest BCUT2D eigenvalue weighted by Gasteiger charge is -2.08. The van der Waals surface area contributed by atoms with Crippen LogP contribution in [0.25, 0.3) is 0 Å². The molecule has 0 atom stereocenters. The van der Waals surface area contributed by atoms with E-state index in [2.05, 4.69) is 0 Å². The Morgan fingerprint density at radius 2 is 1.94 bits per heavy atom. The highest BCUT2D eigenvalue weighted by Gasteiger charge is 2.03. The summed E-state index contributed by atoms with van der Waals surface area (Å²) in [6.07, 6.45) is 0. The Morgan fingerprint density at radius 3 is 2.62 bits per heavy atom. The van der Waals surface area contributed by atoms with Gasteiger partial charge in [0.15, 0.2) is 0 Å². The van der Waals surface area contributed by atoms with Crippen LogP contribution in [0, 0.1) is 0 Å². The van der Waals surface area contributed by atoms with Crippen LogP contribution in [0.1, 0.15) is 10.4 Å². The standard InChI is InChI=1S/C12H10Cl2OS/c13-7-9-3-1-2-4-11(9)15-8-10-5-6-12(14)16-10/h1-6H,7-8H2. The van der Waals surface area contributed by atoms with Crippen LogP contribution in [0.15, 0.2) is 36.4 Å². The Labute approximate surface area is 109 Å². The molecule has 0 unspecified atom stereocenters. The number of benzene rings is 1. The Hall–Kier alpha value is -0.700. The Balaban J connectivity index is 2.04. The molecule has 1 heterocycles. The van der Waals surface area contributed by atoms with Crippen molar-refractivity contribution in [1.29, 1.82) is 0 Å². The van der Waals surface area contributed by atoms with Gasteiger partial charge >= 0.3 is 0 Å². The molecule has 16 heavy (non-hydrogen) atoms. The van der Waals surface area contributed by atoms with Crippen LogP contribution in [0.2, 0.25) is 4.34 Å². The molecule has 0 bridgehead atoms. The van der Waals surface area contributed by atoms with Crippen molar-refractivity contribution in [2.45, 2.75) is 12.5 Å². The lowest BCUT2D eigenvalue weighted by atomic mass is 10.2. The molecule has 0 N–H and O–H groups in total. The first-order chi connectivity index (χ1) is 7.79. The van der Waals surface area contributed by atoms with Crippen LogP contribution in [-0.4, -0.2) is 0 Å². The highest BCUT2D eigenvalue weighted by atomic mass is 35.5. The maximum Gasteiger partial charge on any atom is 0.124 e. The monoisotopic (exact) mass is 272 g/mol. The number of para-hydroxylation sites is 1. The molecule has 0 fully saturated rings. The zero-order valence-corrected chi connectivity index (χ0v) is 10.8. The minimum absolute atomic E-state index is 0.460. The van der Waals surface area contributed by atoms with Gasteiger partial charge in [-0.05, 0) is 18.2 Å². The number of ether oxygens (including phenoxy) is 1. The van der Waals surface area contributed by atoms with Crippen molar-refractivity contribution in [3.05, 3.63) is 51.2 Å². The largest absolute Gasteiger partial charge is 0.488 e. The molecule has 0 saturated heterocycles. The molecule has 1 nitrogen and oxygen atoms in total. The summed E-state index contributed by atoms with van der Waals surface area (Å²) < 4.78 is 6.48. The molecule has 0 saturated carbocycles. The van der Waals surface area contributed by atoms with Gasteiger partial charge in [-0.25, -0.2) is 0 Å². The van der Waals surface area contributed by atoms with E-state index < -0.39 is 0 Å². The number of hydrogen-bond donors (Lipinski definition) is 0. The van der Waals surface area contributed by atoms with E-state index in [9.17, 15) is 0 Å². The number of halogens is 2. The number of thiophene rings is 1. The zero-order valence-electron chi connectivity index (χ0n) is 8.45. The maximum atomic E-state index is 5.84. The lowest BCUT2D eigenvalue weighted by molar-refractivity contribution is 0.307. The fourth-order valence-corrected chi connectivity index (χ4v) is 2.55. The average Bonchev–Trinajstić information content (AvgIpc) is 2.73. The van der Waals surface area contributed by atoms with E-state index in [1.165, 1.54) is 11.3 Å². The Kier molecular flexibility index (Phi) is 4.10. The van der Waals surface area contributed by atoms with Gasteiger partial charge in [-0.1, -0.05) is 29.8 Å². The summed E-state index contributed by atoms with van der Waals surface area (Å²) in [6.45, 7) is 0.533. The van der Waals surface area contributed by atoms with Crippen LogP contribution in [0.5, 0.6) is 5.75 Å². The fraction of sp³-hybridized carbons (Fsp3) is 0.167. The van der Waals surface area contributed by atoms with Gasteiger partial charge in [0.1, 0.15) is 12.4 Å². The molecule has 2 aromatic rings. The predicted molar refractivity (Wildman–Crippen MR) is 69.7 cm³/mol. The second kappa shape index (κ2) is 5.58. The van der Waals surface area contributed by atoms with Crippen molar-refractivity contribution in [2.75, 3.05) is 0 Å². The van der Waals surface area contributed by atoms with E-state index in [1.807, 2.05) is 36.4 Å². The summed E-state index contributed by atoms with van der Waals surface area (Å²) in [5.74, 6) is 1.29. The van der Waals surface area contributed by atoms with Gasteiger partial charge in [0.25, 0.3) is 0 Å². The van der Waals surface area contributed by atoms with E-state index in [4.69, 9.17) is 27.9 Å². The highest BCUT2D eigenvalue weighted by molar-refractivity contribution is 7.16. The summed E-state index contributed by atoms with van der Waals surface area (Å²) in [7, 11) is 0. The van der Waals surface area contributed by atoms with Gasteiger partial charge in [-0.2, -0.15) is 0 Å². The molecule has 0 aliphatic heterocycles. The van der Waals surface area contributed by atoms with Crippen molar-refractivity contribution >= 4 is 34.5 Å². The minimum atomic E-state index is 0.460. The van der Waals surface area contributed by atoms with Gasteiger partial charge in [-0.15, -0.1) is 22.9 Å². The molecule has 84 valence electrons. The first-order valence-corrected chi connectivity index (χ1v) is 6.53. The zero-order chi connectivity index (χ0) is 11.4. The predicted octanol–water partition coefficient (Wildman–Crippen LogP) is 4.72. The first-order valence-electron chi connectivity index (χ1n) is 4.80. The smallest absolute Gasteiger partial charge is 0.124 e. The van der Waals surface area contributed by atoms with Crippen molar-refractivity contribution in [2.24, 2.45) is 0 Å². The fourth-order valence-electron chi connectivity index (χ4n) is 1.33. The number of rotatable bonds is 4. The molecular weight excluding hydrogens is 263 g/mol. The third kappa shape index (κ3) is 2.91. The summed E-state index contributed by atoms with van der Waals surface area (Å²) in [5.41, 5.74) is 1.01. The van der Waals surface area contributed by atoms with Gasteiger partial charge in [-0.3, -0.25) is 0 Å². The molecule has 1 aromatic heterocycles. The molecule has 2 rings (SSSR count). The normalized spacial score (nSPS) is 10.4. The second-order valence-corrected chi connectivity index (χ2v) is 5.30. The van der Waals surface area contributed by atoms with E-state index in [0.29, 0.717) is 12.5 Å². The van der Waals surface area contributed by atoms with E-state index in [1.54, 1.807) is 0 Å². The molecule has 1 aromatic carbocycles. The van der Waals surface area contributed by atoms with Crippen molar-refractivity contribution in [3.63, 3.8) is 0 Å². The van der Waals surface area contributed by atoms with Crippen LogP contribution < -0.4 is 4.74 Å². The van der Waals surface area contributed by atoms with Crippen LogP contribution >= 0.6 is 34.5 Å². The second-order valence-electron chi connectivity index (χ2n) is 3.24. The van der Waals surface area contributed by atoms with Gasteiger partial charge < -0.3 is 4.74 Å². The summed E-state index contributed by atoms with van der Waals surface area (Å²) in [5, 5.41) is 0. The average molecular weight is 273 g/mol. The summed E-state index contributed by atoms with van der Waals surface area (Å²) in [6, 6.07) is 11.6. The molecule has 4 heteroatoms. The van der Waals surface area contributed by atoms with Crippen molar-refractivity contribution in [3.8, 4) is 5.75 Å². The van der Waals surface area contributed by atoms with Crippen LogP contribution in [0.4, 0.5) is 0 Å². The summed E-state index contributed by atoms with van der Waals surface area (Å²) >= 11 is 13.2. The number of hydrogen-bond acceptors (Lipinski definition) is 2. The molecule has 0 spiro atoms. The highest BCUT2D eigenvalue weighted by Crippen LogP contribution is 2.25. The Morgan fingerprint density at radius 1 is 1.12 bits per heavy atom. The molecule has 0 amide bonds. The third-order valence-corrected chi connectivity index (χ3v) is 3.61. The molecule has 0 radical (unpaired) electrons. The summed E-state index contributed by atoms with van der Waals surface area (Å²) in [4.78, 5) is 1.11. The van der Waals surface area contributed by atoms with Crippen molar-refractivity contribution < 1.29 is 4.74 Å². The topological polar surface area (TPSA) is 9.23 Å². The third-order valence-electron chi connectivity index (χ3n) is 2.12. The van der Waals surface area contributed by atoms with Crippen LogP contribution in [0.3, 0.4) is 0 Å². The lowest BCUT2D eigenvalue weighted by Crippen LogP contribution is -1.95. The number of alkyl halides is 1.